The summed E-state index contributed by atoms with van der Waals surface area (Å²) in [5.41, 5.74) is 2.31. The first kappa shape index (κ1) is 23.7. The highest BCUT2D eigenvalue weighted by molar-refractivity contribution is 14.1. The van der Waals surface area contributed by atoms with Gasteiger partial charge in [-0.25, -0.2) is 0 Å². The fourth-order valence-corrected chi connectivity index (χ4v) is 4.72. The average Bonchev–Trinajstić information content (AvgIpc) is 2.70. The first-order valence-electron chi connectivity index (χ1n) is 10.5. The van der Waals surface area contributed by atoms with Crippen molar-refractivity contribution in [2.75, 3.05) is 19.8 Å². The van der Waals surface area contributed by atoms with Gasteiger partial charge in [0, 0.05) is 12.2 Å². The van der Waals surface area contributed by atoms with Crippen LogP contribution in [0.3, 0.4) is 0 Å². The Hall–Kier alpha value is -0.933. The van der Waals surface area contributed by atoms with Crippen LogP contribution in [-0.4, -0.2) is 34.2 Å². The van der Waals surface area contributed by atoms with Gasteiger partial charge in [0.1, 0.15) is 11.9 Å². The molecule has 3 rings (SSSR count). The summed E-state index contributed by atoms with van der Waals surface area (Å²) in [6, 6.07) is 16.4. The van der Waals surface area contributed by atoms with Gasteiger partial charge in [0.05, 0.1) is 16.8 Å². The Labute approximate surface area is 195 Å². The molecule has 2 aromatic carbocycles. The largest absolute Gasteiger partial charge is 0.484 e. The van der Waals surface area contributed by atoms with E-state index in [0.717, 1.165) is 27.9 Å². The molecule has 0 bridgehead atoms. The number of benzene rings is 2. The van der Waals surface area contributed by atoms with E-state index in [9.17, 15) is 0 Å². The van der Waals surface area contributed by atoms with E-state index >= 15 is 0 Å². The third-order valence-corrected chi connectivity index (χ3v) is 11.3. The van der Waals surface area contributed by atoms with Gasteiger partial charge >= 0.3 is 0 Å². The summed E-state index contributed by atoms with van der Waals surface area (Å²) < 4.78 is 25.3. The molecule has 0 spiro atoms. The van der Waals surface area contributed by atoms with E-state index in [1.165, 1.54) is 5.56 Å². The Bertz CT molecular complexity index is 812. The second kappa shape index (κ2) is 10.1. The summed E-state index contributed by atoms with van der Waals surface area (Å²) in [4.78, 5) is 0. The van der Waals surface area contributed by atoms with Crippen molar-refractivity contribution in [1.82, 2.24) is 0 Å². The van der Waals surface area contributed by atoms with Crippen LogP contribution in [0, 0.1) is 3.57 Å². The van der Waals surface area contributed by atoms with E-state index in [-0.39, 0.29) is 17.4 Å². The van der Waals surface area contributed by atoms with E-state index in [1.807, 2.05) is 36.4 Å². The molecule has 164 valence electrons. The van der Waals surface area contributed by atoms with Gasteiger partial charge < -0.3 is 18.6 Å². The minimum atomic E-state index is -1.70. The molecule has 0 aliphatic carbocycles. The Balaban J connectivity index is 1.49. The van der Waals surface area contributed by atoms with Crippen molar-refractivity contribution in [2.24, 2.45) is 0 Å². The molecule has 4 nitrogen and oxygen atoms in total. The number of rotatable bonds is 7. The van der Waals surface area contributed by atoms with Crippen molar-refractivity contribution in [3.8, 4) is 5.75 Å². The SMILES string of the molecule is CC(C)(C)[Si](C)(C)OCCc1ccc(OC2COC(c3ccccc3)OC2)c(I)c1. The van der Waals surface area contributed by atoms with Gasteiger partial charge in [-0.15, -0.1) is 0 Å². The lowest BCUT2D eigenvalue weighted by Crippen LogP contribution is -2.41. The predicted octanol–water partition coefficient (Wildman–Crippen LogP) is 6.35. The molecule has 1 aliphatic rings. The highest BCUT2D eigenvalue weighted by Gasteiger charge is 2.36. The van der Waals surface area contributed by atoms with E-state index in [1.54, 1.807) is 0 Å². The zero-order chi connectivity index (χ0) is 21.8. The molecule has 1 heterocycles. The molecule has 30 heavy (non-hydrogen) atoms. The van der Waals surface area contributed by atoms with E-state index in [2.05, 4.69) is 68.6 Å². The van der Waals surface area contributed by atoms with Gasteiger partial charge in [0.2, 0.25) is 0 Å². The number of hydrogen-bond acceptors (Lipinski definition) is 4. The van der Waals surface area contributed by atoms with Gasteiger partial charge in [-0.2, -0.15) is 0 Å². The topological polar surface area (TPSA) is 36.9 Å². The molecule has 0 amide bonds. The van der Waals surface area contributed by atoms with Gasteiger partial charge in [0.25, 0.3) is 0 Å². The molecule has 0 saturated carbocycles. The van der Waals surface area contributed by atoms with Crippen LogP contribution in [0.5, 0.6) is 5.75 Å². The first-order chi connectivity index (χ1) is 14.2. The number of ether oxygens (including phenoxy) is 3. The third-order valence-electron chi connectivity index (χ3n) is 5.89. The van der Waals surface area contributed by atoms with Crippen LogP contribution in [0.15, 0.2) is 48.5 Å². The van der Waals surface area contributed by atoms with Gasteiger partial charge in [0.15, 0.2) is 14.6 Å². The van der Waals surface area contributed by atoms with Crippen molar-refractivity contribution < 1.29 is 18.6 Å². The maximum Gasteiger partial charge on any atom is 0.191 e. The predicted molar refractivity (Wildman–Crippen MR) is 132 cm³/mol. The Morgan fingerprint density at radius 1 is 1.03 bits per heavy atom. The lowest BCUT2D eigenvalue weighted by atomic mass is 10.1. The van der Waals surface area contributed by atoms with Gasteiger partial charge in [-0.05, 0) is 64.8 Å². The van der Waals surface area contributed by atoms with Crippen LogP contribution >= 0.6 is 22.6 Å². The number of halogens is 1. The lowest BCUT2D eigenvalue weighted by molar-refractivity contribution is -0.215. The molecular formula is C24H33IO4Si. The van der Waals surface area contributed by atoms with Gasteiger partial charge in [-0.1, -0.05) is 57.2 Å². The minimum Gasteiger partial charge on any atom is -0.484 e. The molecule has 0 N–H and O–H groups in total. The molecule has 1 aliphatic heterocycles. The fraction of sp³-hybridized carbons (Fsp3) is 0.500. The zero-order valence-corrected chi connectivity index (χ0v) is 21.8. The van der Waals surface area contributed by atoms with Crippen LogP contribution in [-0.2, 0) is 20.3 Å². The van der Waals surface area contributed by atoms with Crippen molar-refractivity contribution in [3.05, 3.63) is 63.2 Å². The summed E-state index contributed by atoms with van der Waals surface area (Å²) in [5, 5.41) is 0.239. The van der Waals surface area contributed by atoms with E-state index in [4.69, 9.17) is 18.6 Å². The molecule has 0 radical (unpaired) electrons. The second-order valence-corrected chi connectivity index (χ2v) is 15.2. The minimum absolute atomic E-state index is 0.105. The highest BCUT2D eigenvalue weighted by Crippen LogP contribution is 2.36. The molecule has 1 saturated heterocycles. The van der Waals surface area contributed by atoms with Crippen LogP contribution in [0.4, 0.5) is 0 Å². The standard InChI is InChI=1S/C24H33IO4Si/c1-24(2,3)30(4,5)28-14-13-18-11-12-22(21(25)15-18)29-20-16-26-23(27-17-20)19-9-7-6-8-10-19/h6-12,15,20,23H,13-14,16-17H2,1-5H3. The summed E-state index contributed by atoms with van der Waals surface area (Å²) in [6.45, 7) is 13.2. The summed E-state index contributed by atoms with van der Waals surface area (Å²) in [7, 11) is -1.70. The zero-order valence-electron chi connectivity index (χ0n) is 18.6. The highest BCUT2D eigenvalue weighted by atomic mass is 127. The normalized spacial score (nSPS) is 20.2. The molecule has 0 aromatic heterocycles. The quantitative estimate of drug-likeness (QED) is 0.303. The third kappa shape index (κ3) is 6.29. The van der Waals surface area contributed by atoms with Crippen LogP contribution in [0.2, 0.25) is 18.1 Å². The fourth-order valence-electron chi connectivity index (χ4n) is 2.97. The van der Waals surface area contributed by atoms with Crippen LogP contribution in [0.25, 0.3) is 0 Å². The summed E-state index contributed by atoms with van der Waals surface area (Å²) >= 11 is 2.34. The Kier molecular flexibility index (Phi) is 8.01. The van der Waals surface area contributed by atoms with Crippen LogP contribution < -0.4 is 4.74 Å². The van der Waals surface area contributed by atoms with E-state index in [0.29, 0.717) is 13.2 Å². The van der Waals surface area contributed by atoms with Crippen molar-refractivity contribution >= 4 is 30.9 Å². The average molecular weight is 541 g/mol. The second-order valence-electron chi connectivity index (χ2n) is 9.27. The maximum atomic E-state index is 6.31. The van der Waals surface area contributed by atoms with Gasteiger partial charge in [-0.3, -0.25) is 0 Å². The number of hydrogen-bond donors (Lipinski definition) is 0. The Morgan fingerprint density at radius 2 is 1.70 bits per heavy atom. The van der Waals surface area contributed by atoms with Crippen molar-refractivity contribution in [1.29, 1.82) is 0 Å². The molecule has 6 heteroatoms. The van der Waals surface area contributed by atoms with Crippen molar-refractivity contribution in [3.63, 3.8) is 0 Å². The molecule has 1 fully saturated rings. The lowest BCUT2D eigenvalue weighted by Gasteiger charge is -2.36. The van der Waals surface area contributed by atoms with Crippen LogP contribution in [0.1, 0.15) is 38.2 Å². The smallest absolute Gasteiger partial charge is 0.191 e. The van der Waals surface area contributed by atoms with Crippen molar-refractivity contribution in [2.45, 2.75) is 57.7 Å². The molecule has 2 aromatic rings. The Morgan fingerprint density at radius 3 is 2.30 bits per heavy atom. The maximum absolute atomic E-state index is 6.31. The summed E-state index contributed by atoms with van der Waals surface area (Å²) in [5.74, 6) is 0.875. The first-order valence-corrected chi connectivity index (χ1v) is 14.5. The summed E-state index contributed by atoms with van der Waals surface area (Å²) in [6.07, 6.45) is 0.497. The molecule has 0 unspecified atom stereocenters. The molecule has 0 atom stereocenters. The molecular weight excluding hydrogens is 507 g/mol. The van der Waals surface area contributed by atoms with E-state index < -0.39 is 8.32 Å². The monoisotopic (exact) mass is 540 g/mol.